The Morgan fingerprint density at radius 2 is 1.93 bits per heavy atom. The van der Waals surface area contributed by atoms with Gasteiger partial charge in [-0.3, -0.25) is 14.4 Å². The van der Waals surface area contributed by atoms with Gasteiger partial charge in [-0.05, 0) is 74.2 Å². The molecule has 5 aliphatic rings. The van der Waals surface area contributed by atoms with E-state index in [0.717, 1.165) is 55.9 Å². The lowest BCUT2D eigenvalue weighted by Gasteiger charge is -2.61. The number of ether oxygens (including phenoxy) is 1. The molecular weight excluding hydrogens is 384 g/mol. The number of carbonyl (C=O) groups is 3. The van der Waals surface area contributed by atoms with Crippen LogP contribution in [0.5, 0.6) is 0 Å². The number of allylic oxidation sites excluding steroid dienone is 1. The van der Waals surface area contributed by atoms with Crippen molar-refractivity contribution in [3.63, 3.8) is 0 Å². The van der Waals surface area contributed by atoms with Crippen LogP contribution in [0.3, 0.4) is 0 Å². The Balaban J connectivity index is 1.55. The molecule has 0 aromatic carbocycles. The second-order valence-corrected chi connectivity index (χ2v) is 11.7. The summed E-state index contributed by atoms with van der Waals surface area (Å²) in [6.07, 6.45) is 8.71. The summed E-state index contributed by atoms with van der Waals surface area (Å²) in [5, 5.41) is -0.908. The topological polar surface area (TPSA) is 60.4 Å². The van der Waals surface area contributed by atoms with Crippen LogP contribution in [0.15, 0.2) is 11.6 Å². The smallest absolute Gasteiger partial charge is 0.306 e. The van der Waals surface area contributed by atoms with Crippen molar-refractivity contribution in [2.24, 2.45) is 28.6 Å². The monoisotopic (exact) mass is 419 g/mol. The molecule has 4 aliphatic carbocycles. The SMILES string of the molecule is [2H]C([2H])([2H])C(=O)S[C@@H]1CC2=CC(=O)CC[C@]2(C)C2CC[C@@]3(C)C(CC[C@@]34CCC(=O)O4)C21. The first-order valence-corrected chi connectivity index (χ1v) is 11.9. The highest BCUT2D eigenvalue weighted by atomic mass is 32.2. The lowest BCUT2D eigenvalue weighted by molar-refractivity contribution is -0.167. The van der Waals surface area contributed by atoms with Gasteiger partial charge >= 0.3 is 5.97 Å². The molecule has 0 aromatic rings. The first-order chi connectivity index (χ1) is 14.9. The van der Waals surface area contributed by atoms with Gasteiger partial charge < -0.3 is 4.74 Å². The molecule has 0 radical (unpaired) electrons. The van der Waals surface area contributed by atoms with Crippen LogP contribution in [0.1, 0.15) is 82.6 Å². The van der Waals surface area contributed by atoms with Crippen molar-refractivity contribution in [3.8, 4) is 0 Å². The van der Waals surface area contributed by atoms with Crippen molar-refractivity contribution in [2.45, 2.75) is 89.3 Å². The highest BCUT2D eigenvalue weighted by Gasteiger charge is 2.68. The molecule has 0 N–H and O–H groups in total. The Morgan fingerprint density at radius 3 is 2.66 bits per heavy atom. The van der Waals surface area contributed by atoms with Crippen LogP contribution in [-0.4, -0.2) is 27.7 Å². The summed E-state index contributed by atoms with van der Waals surface area (Å²) in [6, 6.07) is 0. The molecule has 1 spiro atoms. The highest BCUT2D eigenvalue weighted by Crippen LogP contribution is 2.70. The average Bonchev–Trinajstić information content (AvgIpc) is 3.23. The third-order valence-electron chi connectivity index (χ3n) is 9.55. The summed E-state index contributed by atoms with van der Waals surface area (Å²) in [6.45, 7) is 1.91. The van der Waals surface area contributed by atoms with E-state index in [1.54, 1.807) is 6.08 Å². The van der Waals surface area contributed by atoms with Crippen LogP contribution in [0, 0.1) is 28.6 Å². The van der Waals surface area contributed by atoms with Gasteiger partial charge in [0.1, 0.15) is 5.60 Å². The molecule has 1 heterocycles. The summed E-state index contributed by atoms with van der Waals surface area (Å²) in [4.78, 5) is 37.0. The Labute approximate surface area is 181 Å². The molecular formula is C24H32O4S. The van der Waals surface area contributed by atoms with E-state index >= 15 is 0 Å². The highest BCUT2D eigenvalue weighted by molar-refractivity contribution is 8.14. The molecule has 0 bridgehead atoms. The first-order valence-electron chi connectivity index (χ1n) is 12.6. The maximum Gasteiger partial charge on any atom is 0.306 e. The third kappa shape index (κ3) is 2.68. The summed E-state index contributed by atoms with van der Waals surface area (Å²) >= 11 is 0.987. The van der Waals surface area contributed by atoms with Crippen molar-refractivity contribution in [3.05, 3.63) is 11.6 Å². The molecule has 3 saturated carbocycles. The van der Waals surface area contributed by atoms with Crippen molar-refractivity contribution in [2.75, 3.05) is 0 Å². The van der Waals surface area contributed by atoms with E-state index in [-0.39, 0.29) is 39.7 Å². The van der Waals surface area contributed by atoms with Gasteiger partial charge in [-0.1, -0.05) is 31.2 Å². The molecule has 5 heteroatoms. The number of rotatable bonds is 1. The summed E-state index contributed by atoms with van der Waals surface area (Å²) in [5.74, 6) is 0.802. The maximum atomic E-state index is 12.6. The van der Waals surface area contributed by atoms with Crippen LogP contribution in [0.4, 0.5) is 0 Å². The predicted molar refractivity (Wildman–Crippen MR) is 112 cm³/mol. The number of thioether (sulfide) groups is 1. The molecule has 158 valence electrons. The van der Waals surface area contributed by atoms with Crippen LogP contribution in [0.2, 0.25) is 0 Å². The third-order valence-corrected chi connectivity index (χ3v) is 10.5. The quantitative estimate of drug-likeness (QED) is 0.569. The first kappa shape index (κ1) is 16.6. The fourth-order valence-electron chi connectivity index (χ4n) is 8.05. The van der Waals surface area contributed by atoms with Crippen LogP contribution >= 0.6 is 11.8 Å². The fraction of sp³-hybridized carbons (Fsp3) is 0.792. The molecule has 7 atom stereocenters. The number of fused-ring (bicyclic) bond motifs is 6. The second kappa shape index (κ2) is 6.45. The Hall–Kier alpha value is -1.10. The van der Waals surface area contributed by atoms with E-state index in [2.05, 4.69) is 13.8 Å². The molecule has 4 fully saturated rings. The second-order valence-electron chi connectivity index (χ2n) is 10.5. The Morgan fingerprint density at radius 1 is 1.14 bits per heavy atom. The molecule has 0 amide bonds. The van der Waals surface area contributed by atoms with Gasteiger partial charge in [0.25, 0.3) is 0 Å². The zero-order valence-corrected chi connectivity index (χ0v) is 18.1. The van der Waals surface area contributed by atoms with Crippen molar-refractivity contribution < 1.29 is 23.2 Å². The number of hydrogen-bond donors (Lipinski definition) is 0. The van der Waals surface area contributed by atoms with Gasteiger partial charge in [0.05, 0.1) is 0 Å². The van der Waals surface area contributed by atoms with Crippen LogP contribution in [0.25, 0.3) is 0 Å². The summed E-state index contributed by atoms with van der Waals surface area (Å²) in [7, 11) is 0. The van der Waals surface area contributed by atoms with Gasteiger partial charge in [-0.25, -0.2) is 0 Å². The van der Waals surface area contributed by atoms with Gasteiger partial charge in [0, 0.05) is 34.5 Å². The van der Waals surface area contributed by atoms with Gasteiger partial charge in [0.15, 0.2) is 10.9 Å². The van der Waals surface area contributed by atoms with E-state index < -0.39 is 17.6 Å². The molecule has 29 heavy (non-hydrogen) atoms. The van der Waals surface area contributed by atoms with E-state index in [9.17, 15) is 14.4 Å². The van der Waals surface area contributed by atoms with Gasteiger partial charge in [-0.2, -0.15) is 0 Å². The lowest BCUT2D eigenvalue weighted by Crippen LogP contribution is -2.57. The fourth-order valence-corrected chi connectivity index (χ4v) is 9.13. The molecule has 1 aliphatic heterocycles. The van der Waals surface area contributed by atoms with Gasteiger partial charge in [-0.15, -0.1) is 0 Å². The minimum absolute atomic E-state index is 0.0812. The normalized spacial score (nSPS) is 50.6. The molecule has 0 aromatic heterocycles. The number of carbonyl (C=O) groups excluding carboxylic acids is 3. The zero-order chi connectivity index (χ0) is 23.1. The number of hydrogen-bond acceptors (Lipinski definition) is 5. The standard InChI is InChI=1S/C24H32O4S/c1-14(25)29-19-13-15-12-16(26)4-8-22(15,2)17-5-9-23(3)18(21(17)19)6-10-24(23)11-7-20(27)28-24/h12,17-19,21H,4-11,13H2,1-3H3/t17?,18?,19-,21?,22+,23+,24-/m1/s1/i1D3. The van der Waals surface area contributed by atoms with E-state index in [1.807, 2.05) is 0 Å². The minimum atomic E-state index is -2.63. The van der Waals surface area contributed by atoms with Crippen molar-refractivity contribution in [1.82, 2.24) is 0 Å². The predicted octanol–water partition coefficient (Wildman–Crippen LogP) is 4.85. The Bertz CT molecular complexity index is 913. The lowest BCUT2D eigenvalue weighted by atomic mass is 9.46. The zero-order valence-electron chi connectivity index (χ0n) is 20.3. The minimum Gasteiger partial charge on any atom is -0.458 e. The summed E-state index contributed by atoms with van der Waals surface area (Å²) in [5.41, 5.74) is 0.462. The summed E-state index contributed by atoms with van der Waals surface area (Å²) < 4.78 is 28.9. The molecule has 4 nitrogen and oxygen atoms in total. The Kier molecular flexibility index (Phi) is 3.69. The van der Waals surface area contributed by atoms with E-state index in [0.29, 0.717) is 25.2 Å². The largest absolute Gasteiger partial charge is 0.458 e. The van der Waals surface area contributed by atoms with E-state index in [1.165, 1.54) is 0 Å². The molecule has 1 saturated heterocycles. The average molecular weight is 420 g/mol. The van der Waals surface area contributed by atoms with Crippen molar-refractivity contribution >= 4 is 28.6 Å². The van der Waals surface area contributed by atoms with Crippen LogP contribution < -0.4 is 0 Å². The van der Waals surface area contributed by atoms with Crippen molar-refractivity contribution in [1.29, 1.82) is 0 Å². The van der Waals surface area contributed by atoms with E-state index in [4.69, 9.17) is 8.85 Å². The molecule has 5 rings (SSSR count). The van der Waals surface area contributed by atoms with Crippen LogP contribution in [-0.2, 0) is 19.1 Å². The van der Waals surface area contributed by atoms with Gasteiger partial charge in [0.2, 0.25) is 0 Å². The number of ketones is 1. The molecule has 3 unspecified atom stereocenters. The number of esters is 1. The maximum absolute atomic E-state index is 12.6.